The minimum Gasteiger partial charge on any atom is -0.369 e. The fourth-order valence-corrected chi connectivity index (χ4v) is 4.31. The van der Waals surface area contributed by atoms with E-state index in [1.54, 1.807) is 18.2 Å². The monoisotopic (exact) mass is 387 g/mol. The number of anilines is 2. The molecule has 0 radical (unpaired) electrons. The zero-order valence-electron chi connectivity index (χ0n) is 15.5. The fraction of sp³-hybridized carbons (Fsp3) is 0.350. The van der Waals surface area contributed by atoms with Gasteiger partial charge in [-0.05, 0) is 42.9 Å². The maximum Gasteiger partial charge on any atom is 0.239 e. The van der Waals surface area contributed by atoms with Gasteiger partial charge >= 0.3 is 0 Å². The van der Waals surface area contributed by atoms with Crippen LogP contribution in [0.4, 0.5) is 11.4 Å². The van der Waals surface area contributed by atoms with Gasteiger partial charge in [-0.1, -0.05) is 25.1 Å². The molecule has 1 N–H and O–H groups in total. The van der Waals surface area contributed by atoms with Crippen LogP contribution < -0.4 is 10.2 Å². The van der Waals surface area contributed by atoms with E-state index in [0.717, 1.165) is 38.4 Å². The van der Waals surface area contributed by atoms with Crippen molar-refractivity contribution in [2.45, 2.75) is 11.8 Å². The van der Waals surface area contributed by atoms with E-state index >= 15 is 0 Å². The third kappa shape index (κ3) is 5.08. The van der Waals surface area contributed by atoms with Crippen molar-refractivity contribution in [1.29, 1.82) is 0 Å². The average Bonchev–Trinajstić information content (AvgIpc) is 2.69. The van der Waals surface area contributed by atoms with E-state index in [4.69, 9.17) is 0 Å². The molecule has 1 saturated heterocycles. The van der Waals surface area contributed by atoms with E-state index in [-0.39, 0.29) is 4.90 Å². The smallest absolute Gasteiger partial charge is 0.239 e. The zero-order valence-corrected chi connectivity index (χ0v) is 16.3. The number of hydrogen-bond donors (Lipinski definition) is 1. The van der Waals surface area contributed by atoms with E-state index in [2.05, 4.69) is 22.0 Å². The highest BCUT2D eigenvalue weighted by molar-refractivity contribution is 7.92. The maximum atomic E-state index is 12.3. The molecule has 1 aliphatic rings. The lowest BCUT2D eigenvalue weighted by molar-refractivity contribution is -0.113. The number of nitrogens with one attached hydrogen (secondary N) is 1. The van der Waals surface area contributed by atoms with Gasteiger partial charge in [-0.3, -0.25) is 4.79 Å². The van der Waals surface area contributed by atoms with Crippen molar-refractivity contribution in [3.63, 3.8) is 0 Å². The van der Waals surface area contributed by atoms with Crippen LogP contribution in [-0.4, -0.2) is 57.7 Å². The van der Waals surface area contributed by atoms with Crippen LogP contribution in [0.1, 0.15) is 6.92 Å². The molecule has 1 amide bonds. The van der Waals surface area contributed by atoms with Crippen LogP contribution in [0.25, 0.3) is 0 Å². The predicted octanol–water partition coefficient (Wildman–Crippen LogP) is 2.24. The summed E-state index contributed by atoms with van der Waals surface area (Å²) in [4.78, 5) is 17.0. The topological polar surface area (TPSA) is 69.7 Å². The number of rotatable bonds is 6. The summed E-state index contributed by atoms with van der Waals surface area (Å²) in [6.07, 6.45) is 0. The Morgan fingerprint density at radius 3 is 2.19 bits per heavy atom. The van der Waals surface area contributed by atoms with Gasteiger partial charge in [0.15, 0.2) is 9.84 Å². The van der Waals surface area contributed by atoms with Gasteiger partial charge in [-0.2, -0.15) is 0 Å². The van der Waals surface area contributed by atoms with Crippen LogP contribution in [0.15, 0.2) is 59.5 Å². The van der Waals surface area contributed by atoms with Crippen LogP contribution in [0.3, 0.4) is 0 Å². The highest BCUT2D eigenvalue weighted by Crippen LogP contribution is 2.20. The van der Waals surface area contributed by atoms with Gasteiger partial charge in [0.25, 0.3) is 0 Å². The van der Waals surface area contributed by atoms with Crippen LogP contribution >= 0.6 is 0 Å². The molecule has 3 rings (SSSR count). The summed E-state index contributed by atoms with van der Waals surface area (Å²) >= 11 is 0. The number of amides is 1. The molecule has 6 nitrogen and oxygen atoms in total. The third-order valence-corrected chi connectivity index (χ3v) is 6.39. The standard InChI is InChI=1S/C20H25N3O3S/c1-2-22-12-14-23(15-13-22)18-10-8-17(9-11-18)21-20(24)16-27(25,26)19-6-4-3-5-7-19/h3-11H,2,12-16H2,1H3,(H,21,24). The van der Waals surface area contributed by atoms with Crippen molar-refractivity contribution in [3.05, 3.63) is 54.6 Å². The second kappa shape index (κ2) is 8.54. The molecule has 1 heterocycles. The van der Waals surface area contributed by atoms with Gasteiger partial charge in [-0.15, -0.1) is 0 Å². The number of carbonyl (C=O) groups is 1. The van der Waals surface area contributed by atoms with Crippen molar-refractivity contribution >= 4 is 27.1 Å². The Balaban J connectivity index is 1.57. The van der Waals surface area contributed by atoms with Gasteiger partial charge in [0.2, 0.25) is 5.91 Å². The number of piperazine rings is 1. The summed E-state index contributed by atoms with van der Waals surface area (Å²) in [5.74, 6) is -1.11. The highest BCUT2D eigenvalue weighted by Gasteiger charge is 2.19. The van der Waals surface area contributed by atoms with Gasteiger partial charge in [0.1, 0.15) is 5.75 Å². The molecule has 27 heavy (non-hydrogen) atoms. The van der Waals surface area contributed by atoms with E-state index in [0.29, 0.717) is 5.69 Å². The Hall–Kier alpha value is -2.38. The minimum absolute atomic E-state index is 0.154. The molecule has 0 unspecified atom stereocenters. The molecule has 7 heteroatoms. The quantitative estimate of drug-likeness (QED) is 0.823. The first-order chi connectivity index (χ1) is 13.0. The van der Waals surface area contributed by atoms with Gasteiger partial charge < -0.3 is 15.1 Å². The zero-order chi connectivity index (χ0) is 19.3. The summed E-state index contributed by atoms with van der Waals surface area (Å²) in [5, 5.41) is 2.67. The molecule has 0 aromatic heterocycles. The largest absolute Gasteiger partial charge is 0.369 e. The van der Waals surface area contributed by atoms with Crippen molar-refractivity contribution in [2.75, 3.05) is 48.7 Å². The molecule has 0 atom stereocenters. The van der Waals surface area contributed by atoms with Gasteiger partial charge in [0.05, 0.1) is 4.90 Å². The van der Waals surface area contributed by atoms with E-state index in [1.165, 1.54) is 12.1 Å². The van der Waals surface area contributed by atoms with Crippen LogP contribution in [0.5, 0.6) is 0 Å². The van der Waals surface area contributed by atoms with E-state index < -0.39 is 21.5 Å². The van der Waals surface area contributed by atoms with E-state index in [1.807, 2.05) is 24.3 Å². The summed E-state index contributed by atoms with van der Waals surface area (Å²) in [6.45, 7) is 7.30. The molecule has 0 aliphatic carbocycles. The lowest BCUT2D eigenvalue weighted by Gasteiger charge is -2.35. The lowest BCUT2D eigenvalue weighted by Crippen LogP contribution is -2.46. The second-order valence-corrected chi connectivity index (χ2v) is 8.58. The highest BCUT2D eigenvalue weighted by atomic mass is 32.2. The normalized spacial score (nSPS) is 15.5. The van der Waals surface area contributed by atoms with Gasteiger partial charge in [-0.25, -0.2) is 8.42 Å². The maximum absolute atomic E-state index is 12.3. The fourth-order valence-electron chi connectivity index (χ4n) is 3.16. The number of hydrogen-bond acceptors (Lipinski definition) is 5. The SMILES string of the molecule is CCN1CCN(c2ccc(NC(=O)CS(=O)(=O)c3ccccc3)cc2)CC1. The lowest BCUT2D eigenvalue weighted by atomic mass is 10.2. The second-order valence-electron chi connectivity index (χ2n) is 6.59. The minimum atomic E-state index is -3.64. The number of carbonyl (C=O) groups excluding carboxylic acids is 1. The molecule has 2 aromatic rings. The van der Waals surface area contributed by atoms with Crippen molar-refractivity contribution < 1.29 is 13.2 Å². The van der Waals surface area contributed by atoms with Crippen molar-refractivity contribution in [2.24, 2.45) is 0 Å². The molecular weight excluding hydrogens is 362 g/mol. The molecule has 1 fully saturated rings. The van der Waals surface area contributed by atoms with Crippen LogP contribution in [-0.2, 0) is 14.6 Å². The van der Waals surface area contributed by atoms with Crippen LogP contribution in [0, 0.1) is 0 Å². The molecule has 0 spiro atoms. The Bertz CT molecular complexity index is 859. The number of sulfone groups is 1. The number of likely N-dealkylation sites (N-methyl/N-ethyl adjacent to an activating group) is 1. The van der Waals surface area contributed by atoms with Gasteiger partial charge in [0, 0.05) is 37.6 Å². The average molecular weight is 388 g/mol. The van der Waals surface area contributed by atoms with Crippen LogP contribution in [0.2, 0.25) is 0 Å². The molecular formula is C20H25N3O3S. The Morgan fingerprint density at radius 2 is 1.59 bits per heavy atom. The Morgan fingerprint density at radius 1 is 0.963 bits per heavy atom. The predicted molar refractivity (Wildman–Crippen MR) is 108 cm³/mol. The molecule has 2 aromatic carbocycles. The first-order valence-electron chi connectivity index (χ1n) is 9.13. The summed E-state index contributed by atoms with van der Waals surface area (Å²) in [5.41, 5.74) is 1.71. The van der Waals surface area contributed by atoms with Crippen molar-refractivity contribution in [1.82, 2.24) is 4.90 Å². The van der Waals surface area contributed by atoms with Crippen molar-refractivity contribution in [3.8, 4) is 0 Å². The Labute approximate surface area is 160 Å². The van der Waals surface area contributed by atoms with E-state index in [9.17, 15) is 13.2 Å². The Kier molecular flexibility index (Phi) is 6.13. The first-order valence-corrected chi connectivity index (χ1v) is 10.8. The summed E-state index contributed by atoms with van der Waals surface area (Å²) in [7, 11) is -3.64. The molecule has 144 valence electrons. The number of nitrogens with zero attached hydrogens (tertiary/aromatic N) is 2. The summed E-state index contributed by atoms with van der Waals surface area (Å²) in [6, 6.07) is 15.6. The molecule has 1 aliphatic heterocycles. The molecule has 0 bridgehead atoms. The number of benzene rings is 2. The summed E-state index contributed by atoms with van der Waals surface area (Å²) < 4.78 is 24.5. The molecule has 0 saturated carbocycles. The first kappa shape index (κ1) is 19.4. The third-order valence-electron chi connectivity index (χ3n) is 4.76.